The fourth-order valence-corrected chi connectivity index (χ4v) is 3.59. The van der Waals surface area contributed by atoms with Crippen LogP contribution in [-0.2, 0) is 17.9 Å². The summed E-state index contributed by atoms with van der Waals surface area (Å²) in [5, 5.41) is 8.86. The molecular formula is C24H22N4O4. The Labute approximate surface area is 183 Å². The Kier molecular flexibility index (Phi) is 5.85. The van der Waals surface area contributed by atoms with Crippen molar-refractivity contribution < 1.29 is 9.90 Å². The Bertz CT molecular complexity index is 1430. The Hall–Kier alpha value is -4.20. The lowest BCUT2D eigenvalue weighted by Gasteiger charge is -2.10. The summed E-state index contributed by atoms with van der Waals surface area (Å²) >= 11 is 0. The number of aromatic amines is 1. The summed E-state index contributed by atoms with van der Waals surface area (Å²) < 4.78 is 2.75. The fourth-order valence-electron chi connectivity index (χ4n) is 3.59. The fraction of sp³-hybridized carbons (Fsp3) is 0.167. The first-order chi connectivity index (χ1) is 15.5. The molecule has 162 valence electrons. The van der Waals surface area contributed by atoms with Crippen molar-refractivity contribution in [1.29, 1.82) is 0 Å². The van der Waals surface area contributed by atoms with E-state index in [9.17, 15) is 14.4 Å². The molecule has 4 rings (SSSR count). The van der Waals surface area contributed by atoms with Gasteiger partial charge in [-0.2, -0.15) is 0 Å². The molecule has 0 amide bonds. The van der Waals surface area contributed by atoms with Crippen molar-refractivity contribution in [2.45, 2.75) is 26.4 Å². The number of H-pyrrole nitrogens is 1. The number of carbonyl (C=O) groups is 1. The molecule has 2 N–H and O–H groups in total. The lowest BCUT2D eigenvalue weighted by atomic mass is 10.1. The zero-order chi connectivity index (χ0) is 22.7. The van der Waals surface area contributed by atoms with E-state index in [1.165, 1.54) is 15.2 Å². The molecule has 32 heavy (non-hydrogen) atoms. The van der Waals surface area contributed by atoms with Gasteiger partial charge in [-0.3, -0.25) is 13.9 Å². The van der Waals surface area contributed by atoms with Crippen molar-refractivity contribution in [3.8, 4) is 11.4 Å². The maximum absolute atomic E-state index is 13.2. The lowest BCUT2D eigenvalue weighted by molar-refractivity contribution is -0.131. The molecule has 0 spiro atoms. The van der Waals surface area contributed by atoms with Gasteiger partial charge in [-0.05, 0) is 29.7 Å². The van der Waals surface area contributed by atoms with Crippen molar-refractivity contribution in [2.24, 2.45) is 0 Å². The van der Waals surface area contributed by atoms with Crippen molar-refractivity contribution in [2.75, 3.05) is 0 Å². The van der Waals surface area contributed by atoms with Crippen LogP contribution in [0.3, 0.4) is 0 Å². The van der Waals surface area contributed by atoms with Gasteiger partial charge in [0.05, 0.1) is 6.54 Å². The minimum Gasteiger partial charge on any atom is -0.478 e. The number of benzene rings is 2. The largest absolute Gasteiger partial charge is 0.478 e. The average Bonchev–Trinajstić information content (AvgIpc) is 3.25. The van der Waals surface area contributed by atoms with Gasteiger partial charge < -0.3 is 10.1 Å². The van der Waals surface area contributed by atoms with Crippen LogP contribution < -0.4 is 11.2 Å². The highest BCUT2D eigenvalue weighted by Gasteiger charge is 2.18. The maximum atomic E-state index is 13.2. The first kappa shape index (κ1) is 21.0. The molecule has 8 heteroatoms. The molecule has 0 aliphatic rings. The van der Waals surface area contributed by atoms with Gasteiger partial charge in [0.1, 0.15) is 11.3 Å². The molecule has 2 heterocycles. The van der Waals surface area contributed by atoms with Crippen molar-refractivity contribution in [3.63, 3.8) is 0 Å². The van der Waals surface area contributed by atoms with E-state index in [1.54, 1.807) is 24.3 Å². The molecule has 2 aromatic carbocycles. The molecule has 4 aromatic rings. The highest BCUT2D eigenvalue weighted by atomic mass is 16.4. The third-order valence-electron chi connectivity index (χ3n) is 5.07. The van der Waals surface area contributed by atoms with Crippen LogP contribution in [0, 0.1) is 0 Å². The molecule has 0 unspecified atom stereocenters. The zero-order valence-corrected chi connectivity index (χ0v) is 17.5. The van der Waals surface area contributed by atoms with Gasteiger partial charge in [-0.15, -0.1) is 0 Å². The predicted octanol–water partition coefficient (Wildman–Crippen LogP) is 3.11. The number of carboxylic acids is 1. The Morgan fingerprint density at radius 1 is 1.09 bits per heavy atom. The summed E-state index contributed by atoms with van der Waals surface area (Å²) in [6.45, 7) is 2.50. The number of aliphatic carboxylic acids is 1. The van der Waals surface area contributed by atoms with Crippen molar-refractivity contribution in [1.82, 2.24) is 19.1 Å². The molecule has 0 fully saturated rings. The summed E-state index contributed by atoms with van der Waals surface area (Å²) in [4.78, 5) is 44.7. The number of fused-ring (bicyclic) bond motifs is 1. The Morgan fingerprint density at radius 2 is 1.88 bits per heavy atom. The first-order valence-electron chi connectivity index (χ1n) is 10.3. The maximum Gasteiger partial charge on any atom is 0.333 e. The molecule has 0 aliphatic heterocycles. The number of carboxylic acid groups (broad SMARTS) is 1. The number of nitrogens with zero attached hydrogens (tertiary/aromatic N) is 3. The monoisotopic (exact) mass is 430 g/mol. The average molecular weight is 430 g/mol. The van der Waals surface area contributed by atoms with Gasteiger partial charge in [0.2, 0.25) is 0 Å². The summed E-state index contributed by atoms with van der Waals surface area (Å²) in [6, 6.07) is 16.6. The number of nitrogens with one attached hydrogen (secondary N) is 1. The summed E-state index contributed by atoms with van der Waals surface area (Å²) in [7, 11) is 0. The van der Waals surface area contributed by atoms with Crippen LogP contribution in [0.4, 0.5) is 0 Å². The smallest absolute Gasteiger partial charge is 0.333 e. The van der Waals surface area contributed by atoms with Crippen LogP contribution in [0.2, 0.25) is 0 Å². The number of aromatic nitrogens is 4. The molecular weight excluding hydrogens is 408 g/mol. The summed E-state index contributed by atoms with van der Waals surface area (Å²) in [5.41, 5.74) is 2.02. The summed E-state index contributed by atoms with van der Waals surface area (Å²) in [6.07, 6.45) is 3.18. The molecule has 0 radical (unpaired) electrons. The summed E-state index contributed by atoms with van der Waals surface area (Å²) in [5.74, 6) is -0.612. The van der Waals surface area contributed by atoms with Gasteiger partial charge in [-0.25, -0.2) is 14.6 Å². The molecule has 0 saturated carbocycles. The van der Waals surface area contributed by atoms with E-state index in [0.717, 1.165) is 11.6 Å². The van der Waals surface area contributed by atoms with Gasteiger partial charge in [-0.1, -0.05) is 55.5 Å². The normalized spacial score (nSPS) is 11.4. The molecule has 0 bridgehead atoms. The van der Waals surface area contributed by atoms with E-state index in [-0.39, 0.29) is 17.7 Å². The minimum absolute atomic E-state index is 0.260. The van der Waals surface area contributed by atoms with E-state index in [1.807, 2.05) is 37.3 Å². The van der Waals surface area contributed by atoms with Crippen molar-refractivity contribution >= 4 is 23.2 Å². The Balaban J connectivity index is 1.89. The van der Waals surface area contributed by atoms with Crippen LogP contribution in [0.15, 0.2) is 70.3 Å². The van der Waals surface area contributed by atoms with E-state index in [0.29, 0.717) is 29.9 Å². The standard InChI is InChI=1S/C24H22N4O4/c1-2-13-27-23(31)20-22(28(24(27)32)15-17-7-4-3-5-8-17)26-21(25-20)18-10-6-9-16(14-18)11-12-19(29)30/h3-12,14H,2,13,15H2,1H3,(H,25,26)(H,29,30). The third-order valence-corrected chi connectivity index (χ3v) is 5.07. The lowest BCUT2D eigenvalue weighted by Crippen LogP contribution is -2.40. The third kappa shape index (κ3) is 4.15. The van der Waals surface area contributed by atoms with Crippen LogP contribution in [-0.4, -0.2) is 30.2 Å². The highest BCUT2D eigenvalue weighted by Crippen LogP contribution is 2.20. The van der Waals surface area contributed by atoms with Gasteiger partial charge in [0, 0.05) is 18.2 Å². The van der Waals surface area contributed by atoms with Crippen LogP contribution in [0.1, 0.15) is 24.5 Å². The van der Waals surface area contributed by atoms with Gasteiger partial charge >= 0.3 is 11.7 Å². The number of hydrogen-bond donors (Lipinski definition) is 2. The molecule has 0 saturated heterocycles. The molecule has 8 nitrogen and oxygen atoms in total. The van der Waals surface area contributed by atoms with Crippen LogP contribution in [0.5, 0.6) is 0 Å². The molecule has 0 atom stereocenters. The first-order valence-corrected chi connectivity index (χ1v) is 10.3. The quantitative estimate of drug-likeness (QED) is 0.438. The van der Waals surface area contributed by atoms with E-state index < -0.39 is 17.2 Å². The second-order valence-corrected chi connectivity index (χ2v) is 7.39. The number of imidazole rings is 1. The minimum atomic E-state index is -1.04. The number of hydrogen-bond acceptors (Lipinski definition) is 4. The second kappa shape index (κ2) is 8.89. The molecule has 0 aliphatic carbocycles. The van der Waals surface area contributed by atoms with Crippen LogP contribution >= 0.6 is 0 Å². The highest BCUT2D eigenvalue weighted by molar-refractivity contribution is 5.85. The van der Waals surface area contributed by atoms with Crippen LogP contribution in [0.25, 0.3) is 28.6 Å². The topological polar surface area (TPSA) is 110 Å². The SMILES string of the molecule is CCCn1c(=O)c2[nH]c(-c3cccc(C=CC(=O)O)c3)nc2n(Cc2ccccc2)c1=O. The van der Waals surface area contributed by atoms with Gasteiger partial charge in [0.15, 0.2) is 5.65 Å². The van der Waals surface area contributed by atoms with E-state index in [4.69, 9.17) is 5.11 Å². The van der Waals surface area contributed by atoms with E-state index in [2.05, 4.69) is 9.97 Å². The Morgan fingerprint density at radius 3 is 2.59 bits per heavy atom. The number of rotatable bonds is 7. The zero-order valence-electron chi connectivity index (χ0n) is 17.5. The second-order valence-electron chi connectivity index (χ2n) is 7.39. The molecule has 2 aromatic heterocycles. The van der Waals surface area contributed by atoms with Crippen molar-refractivity contribution in [3.05, 3.63) is 92.6 Å². The van der Waals surface area contributed by atoms with E-state index >= 15 is 0 Å². The van der Waals surface area contributed by atoms with Gasteiger partial charge in [0.25, 0.3) is 5.56 Å². The predicted molar refractivity (Wildman–Crippen MR) is 123 cm³/mol.